The molecule has 8 heteroatoms. The highest BCUT2D eigenvalue weighted by Crippen LogP contribution is 2.17. The van der Waals surface area contributed by atoms with Gasteiger partial charge in [-0.05, 0) is 50.1 Å². The third kappa shape index (κ3) is 5.22. The van der Waals surface area contributed by atoms with Crippen molar-refractivity contribution in [2.24, 2.45) is 0 Å². The lowest BCUT2D eigenvalue weighted by Gasteiger charge is -2.10. The van der Waals surface area contributed by atoms with E-state index in [0.29, 0.717) is 10.4 Å². The Balaban J connectivity index is 1.90. The fraction of sp³-hybridized carbons (Fsp3) is 0.294. The summed E-state index contributed by atoms with van der Waals surface area (Å²) in [6.07, 6.45) is 0. The molecule has 134 valence electrons. The highest BCUT2D eigenvalue weighted by atomic mass is 32.2. The van der Waals surface area contributed by atoms with Crippen molar-refractivity contribution in [1.82, 2.24) is 4.72 Å². The molecule has 0 saturated heterocycles. The summed E-state index contributed by atoms with van der Waals surface area (Å²) >= 11 is 1.31. The molecule has 0 aliphatic rings. The van der Waals surface area contributed by atoms with Crippen molar-refractivity contribution < 1.29 is 22.7 Å². The second kappa shape index (κ2) is 7.90. The maximum Gasteiger partial charge on any atom is 0.321 e. The number of benzene rings is 1. The summed E-state index contributed by atoms with van der Waals surface area (Å²) in [5.41, 5.74) is 1.38. The molecule has 1 aromatic heterocycles. The summed E-state index contributed by atoms with van der Waals surface area (Å²) < 4.78 is 31.6. The second-order valence-electron chi connectivity index (χ2n) is 5.59. The maximum absolute atomic E-state index is 12.3. The van der Waals surface area contributed by atoms with Crippen molar-refractivity contribution in [3.8, 4) is 0 Å². The number of esters is 1. The van der Waals surface area contributed by atoms with Gasteiger partial charge in [0.25, 0.3) is 0 Å². The number of aryl methyl sites for hydroxylation is 3. The topological polar surface area (TPSA) is 89.5 Å². The zero-order valence-corrected chi connectivity index (χ0v) is 15.8. The molecule has 0 radical (unpaired) electrons. The van der Waals surface area contributed by atoms with Gasteiger partial charge in [-0.3, -0.25) is 9.59 Å². The zero-order valence-electron chi connectivity index (χ0n) is 14.2. The number of carbonyl (C=O) groups excluding carboxylic acids is 2. The molecule has 2 aromatic rings. The van der Waals surface area contributed by atoms with Crippen molar-refractivity contribution in [2.45, 2.75) is 25.7 Å². The van der Waals surface area contributed by atoms with Crippen molar-refractivity contribution >= 4 is 33.1 Å². The standard InChI is InChI=1S/C17H19NO5S2/c1-11-4-5-12(2)16(8-11)25(21,22)18-9-17(20)23-10-14(19)15-7-6-13(3)24-15/h4-8,18H,9-10H2,1-3H3. The molecule has 2 rings (SSSR count). The third-order valence-corrected chi connectivity index (χ3v) is 6.00. The van der Waals surface area contributed by atoms with Gasteiger partial charge in [-0.1, -0.05) is 12.1 Å². The van der Waals surface area contributed by atoms with Gasteiger partial charge in [-0.15, -0.1) is 11.3 Å². The fourth-order valence-corrected chi connectivity index (χ4v) is 4.17. The van der Waals surface area contributed by atoms with Crippen LogP contribution in [0.4, 0.5) is 0 Å². The molecule has 0 saturated carbocycles. The molecule has 0 aliphatic heterocycles. The van der Waals surface area contributed by atoms with Crippen molar-refractivity contribution in [1.29, 1.82) is 0 Å². The number of hydrogen-bond acceptors (Lipinski definition) is 6. The van der Waals surface area contributed by atoms with E-state index in [4.69, 9.17) is 4.74 Å². The normalized spacial score (nSPS) is 11.3. The van der Waals surface area contributed by atoms with Gasteiger partial charge in [0.1, 0.15) is 6.54 Å². The lowest BCUT2D eigenvalue weighted by molar-refractivity contribution is -0.141. The van der Waals surface area contributed by atoms with Crippen LogP contribution in [0.25, 0.3) is 0 Å². The predicted octanol–water partition coefficient (Wildman–Crippen LogP) is 2.38. The average molecular weight is 381 g/mol. The first kappa shape index (κ1) is 19.3. The molecule has 1 N–H and O–H groups in total. The molecule has 0 spiro atoms. The molecule has 1 aromatic carbocycles. The molecule has 0 fully saturated rings. The van der Waals surface area contributed by atoms with E-state index in [1.165, 1.54) is 17.4 Å². The van der Waals surface area contributed by atoms with Crippen LogP contribution < -0.4 is 4.72 Å². The SMILES string of the molecule is Cc1ccc(C)c(S(=O)(=O)NCC(=O)OCC(=O)c2ccc(C)s2)c1. The Hall–Kier alpha value is -2.03. The number of ether oxygens (including phenoxy) is 1. The van der Waals surface area contributed by atoms with Crippen LogP contribution in [0.2, 0.25) is 0 Å². The summed E-state index contributed by atoms with van der Waals surface area (Å²) in [5, 5.41) is 0. The number of Topliss-reactive ketones (excluding diaryl/α,β-unsaturated/α-hetero) is 1. The number of ketones is 1. The molecule has 0 bridgehead atoms. The Morgan fingerprint density at radius 2 is 1.84 bits per heavy atom. The highest BCUT2D eigenvalue weighted by Gasteiger charge is 2.19. The number of sulfonamides is 1. The van der Waals surface area contributed by atoms with Crippen LogP contribution in [-0.2, 0) is 19.6 Å². The van der Waals surface area contributed by atoms with Crippen LogP contribution >= 0.6 is 11.3 Å². The van der Waals surface area contributed by atoms with E-state index in [2.05, 4.69) is 4.72 Å². The average Bonchev–Trinajstić information content (AvgIpc) is 2.99. The molecular formula is C17H19NO5S2. The van der Waals surface area contributed by atoms with Gasteiger partial charge >= 0.3 is 5.97 Å². The van der Waals surface area contributed by atoms with E-state index >= 15 is 0 Å². The number of carbonyl (C=O) groups is 2. The Bertz CT molecular complexity index is 900. The number of nitrogens with one attached hydrogen (secondary N) is 1. The van der Waals surface area contributed by atoms with Crippen LogP contribution in [-0.4, -0.2) is 33.3 Å². The maximum atomic E-state index is 12.3. The smallest absolute Gasteiger partial charge is 0.321 e. The Kier molecular flexibility index (Phi) is 6.10. The van der Waals surface area contributed by atoms with Gasteiger partial charge in [0.2, 0.25) is 15.8 Å². The summed E-state index contributed by atoms with van der Waals surface area (Å²) in [5.74, 6) is -1.13. The molecule has 6 nitrogen and oxygen atoms in total. The zero-order chi connectivity index (χ0) is 18.6. The number of hydrogen-bond donors (Lipinski definition) is 1. The van der Waals surface area contributed by atoms with E-state index < -0.39 is 29.1 Å². The van der Waals surface area contributed by atoms with Crippen LogP contribution in [0.15, 0.2) is 35.2 Å². The van der Waals surface area contributed by atoms with Crippen LogP contribution in [0, 0.1) is 20.8 Å². The minimum atomic E-state index is -3.83. The van der Waals surface area contributed by atoms with Gasteiger partial charge in [0.15, 0.2) is 6.61 Å². The molecule has 0 aliphatic carbocycles. The summed E-state index contributed by atoms with van der Waals surface area (Å²) in [6.45, 7) is 4.38. The van der Waals surface area contributed by atoms with Gasteiger partial charge in [0.05, 0.1) is 9.77 Å². The van der Waals surface area contributed by atoms with E-state index in [1.807, 2.05) is 6.92 Å². The fourth-order valence-electron chi connectivity index (χ4n) is 2.08. The Morgan fingerprint density at radius 1 is 1.12 bits per heavy atom. The largest absolute Gasteiger partial charge is 0.456 e. The molecule has 0 unspecified atom stereocenters. The first-order valence-electron chi connectivity index (χ1n) is 7.51. The van der Waals surface area contributed by atoms with Gasteiger partial charge in [0, 0.05) is 4.88 Å². The molecule has 1 heterocycles. The highest BCUT2D eigenvalue weighted by molar-refractivity contribution is 7.89. The summed E-state index contributed by atoms with van der Waals surface area (Å²) in [7, 11) is -3.83. The lowest BCUT2D eigenvalue weighted by Crippen LogP contribution is -2.32. The minimum Gasteiger partial charge on any atom is -0.456 e. The molecule has 25 heavy (non-hydrogen) atoms. The lowest BCUT2D eigenvalue weighted by atomic mass is 10.2. The minimum absolute atomic E-state index is 0.116. The first-order valence-corrected chi connectivity index (χ1v) is 9.81. The molecular weight excluding hydrogens is 362 g/mol. The predicted molar refractivity (Wildman–Crippen MR) is 95.5 cm³/mol. The second-order valence-corrected chi connectivity index (χ2v) is 8.61. The van der Waals surface area contributed by atoms with Crippen molar-refractivity contribution in [3.63, 3.8) is 0 Å². The van der Waals surface area contributed by atoms with Gasteiger partial charge < -0.3 is 4.74 Å². The van der Waals surface area contributed by atoms with E-state index in [-0.39, 0.29) is 10.7 Å². The first-order chi connectivity index (χ1) is 11.7. The van der Waals surface area contributed by atoms with Crippen LogP contribution in [0.5, 0.6) is 0 Å². The van der Waals surface area contributed by atoms with Crippen LogP contribution in [0.1, 0.15) is 25.7 Å². The molecule has 0 amide bonds. The Morgan fingerprint density at radius 3 is 2.48 bits per heavy atom. The number of thiophene rings is 1. The van der Waals surface area contributed by atoms with E-state index in [1.54, 1.807) is 38.1 Å². The monoisotopic (exact) mass is 381 g/mol. The number of rotatable bonds is 7. The quantitative estimate of drug-likeness (QED) is 0.587. The third-order valence-electron chi connectivity index (χ3n) is 3.42. The van der Waals surface area contributed by atoms with Crippen molar-refractivity contribution in [3.05, 3.63) is 51.2 Å². The van der Waals surface area contributed by atoms with Gasteiger partial charge in [-0.25, -0.2) is 8.42 Å². The summed E-state index contributed by atoms with van der Waals surface area (Å²) in [6, 6.07) is 8.51. The molecule has 0 atom stereocenters. The Labute approximate surface area is 150 Å². The van der Waals surface area contributed by atoms with E-state index in [0.717, 1.165) is 10.4 Å². The van der Waals surface area contributed by atoms with Crippen molar-refractivity contribution in [2.75, 3.05) is 13.2 Å². The van der Waals surface area contributed by atoms with Crippen LogP contribution in [0.3, 0.4) is 0 Å². The van der Waals surface area contributed by atoms with E-state index in [9.17, 15) is 18.0 Å². The van der Waals surface area contributed by atoms with Gasteiger partial charge in [-0.2, -0.15) is 4.72 Å². The summed E-state index contributed by atoms with van der Waals surface area (Å²) in [4.78, 5) is 25.2.